The van der Waals surface area contributed by atoms with Crippen LogP contribution in [0.4, 0.5) is 0 Å². The van der Waals surface area contributed by atoms with E-state index in [0.29, 0.717) is 12.8 Å². The van der Waals surface area contributed by atoms with E-state index in [2.05, 4.69) is 48.5 Å². The lowest BCUT2D eigenvalue weighted by molar-refractivity contribution is -0.142. The Bertz CT molecular complexity index is 439. The summed E-state index contributed by atoms with van der Waals surface area (Å²) in [4.78, 5) is 28.5. The maximum absolute atomic E-state index is 12.4. The van der Waals surface area contributed by atoms with Crippen molar-refractivity contribution in [1.29, 1.82) is 0 Å². The minimum absolute atomic E-state index is 0.108. The van der Waals surface area contributed by atoms with Crippen LogP contribution in [0.2, 0.25) is 0 Å². The number of hydrogen-bond donors (Lipinski definition) is 0. The van der Waals surface area contributed by atoms with Gasteiger partial charge in [0.2, 0.25) is 11.8 Å². The first-order chi connectivity index (χ1) is 10.8. The van der Waals surface area contributed by atoms with Crippen molar-refractivity contribution in [3.05, 3.63) is 0 Å². The fraction of sp³-hybridized carbons (Fsp3) is 0.900. The second-order valence-electron chi connectivity index (χ2n) is 8.56. The highest BCUT2D eigenvalue weighted by molar-refractivity contribution is 5.77. The Balaban J connectivity index is 5.33. The van der Waals surface area contributed by atoms with E-state index in [-0.39, 0.29) is 28.3 Å². The first-order valence-electron chi connectivity index (χ1n) is 9.35. The fourth-order valence-corrected chi connectivity index (χ4v) is 2.85. The lowest BCUT2D eigenvalue weighted by Crippen LogP contribution is -2.56. The molecule has 0 saturated carbocycles. The standard InChI is InChI=1S/C20H40N2O2/c1-11-16(23)21(10)20(8,9)18(4,5)14-15-22(17(24)12-2)19(6,7)13-3/h11-15H2,1-10H3. The van der Waals surface area contributed by atoms with Crippen molar-refractivity contribution >= 4 is 11.8 Å². The van der Waals surface area contributed by atoms with E-state index >= 15 is 0 Å². The van der Waals surface area contributed by atoms with Gasteiger partial charge in [0.15, 0.2) is 0 Å². The van der Waals surface area contributed by atoms with Crippen LogP contribution >= 0.6 is 0 Å². The van der Waals surface area contributed by atoms with Crippen molar-refractivity contribution in [3.63, 3.8) is 0 Å². The lowest BCUT2D eigenvalue weighted by Gasteiger charge is -2.49. The maximum Gasteiger partial charge on any atom is 0.222 e. The van der Waals surface area contributed by atoms with Crippen LogP contribution in [0.25, 0.3) is 0 Å². The number of carbonyl (C=O) groups is 2. The molecule has 0 bridgehead atoms. The van der Waals surface area contributed by atoms with E-state index < -0.39 is 0 Å². The smallest absolute Gasteiger partial charge is 0.222 e. The van der Waals surface area contributed by atoms with Crippen molar-refractivity contribution in [2.24, 2.45) is 5.41 Å². The van der Waals surface area contributed by atoms with Gasteiger partial charge in [-0.3, -0.25) is 9.59 Å². The zero-order valence-electron chi connectivity index (χ0n) is 17.7. The van der Waals surface area contributed by atoms with Gasteiger partial charge < -0.3 is 9.80 Å². The molecule has 4 nitrogen and oxygen atoms in total. The maximum atomic E-state index is 12.4. The predicted molar refractivity (Wildman–Crippen MR) is 102 cm³/mol. The molecule has 0 N–H and O–H groups in total. The SMILES string of the molecule is CCC(=O)N(CCC(C)(C)C(C)(C)N(C)C(=O)CC)C(C)(C)CC. The van der Waals surface area contributed by atoms with Gasteiger partial charge in [0.1, 0.15) is 0 Å². The quantitative estimate of drug-likeness (QED) is 0.621. The summed E-state index contributed by atoms with van der Waals surface area (Å²) < 4.78 is 0. The van der Waals surface area contributed by atoms with E-state index in [1.165, 1.54) is 0 Å². The van der Waals surface area contributed by atoms with Crippen molar-refractivity contribution in [3.8, 4) is 0 Å². The number of nitrogens with zero attached hydrogens (tertiary/aromatic N) is 2. The Hall–Kier alpha value is -1.06. The van der Waals surface area contributed by atoms with Crippen molar-refractivity contribution < 1.29 is 9.59 Å². The molecule has 0 radical (unpaired) electrons. The highest BCUT2D eigenvalue weighted by atomic mass is 16.2. The number of rotatable bonds is 9. The average Bonchev–Trinajstić information content (AvgIpc) is 2.52. The van der Waals surface area contributed by atoms with Gasteiger partial charge in [-0.1, -0.05) is 34.6 Å². The molecule has 0 aliphatic heterocycles. The highest BCUT2D eigenvalue weighted by Crippen LogP contribution is 2.39. The van der Waals surface area contributed by atoms with Gasteiger partial charge >= 0.3 is 0 Å². The molecule has 0 aliphatic rings. The van der Waals surface area contributed by atoms with E-state index in [1.807, 2.05) is 30.7 Å². The molecular weight excluding hydrogens is 300 g/mol. The monoisotopic (exact) mass is 340 g/mol. The Morgan fingerprint density at radius 3 is 1.67 bits per heavy atom. The van der Waals surface area contributed by atoms with E-state index in [4.69, 9.17) is 0 Å². The van der Waals surface area contributed by atoms with Crippen molar-refractivity contribution in [1.82, 2.24) is 9.80 Å². The van der Waals surface area contributed by atoms with Gasteiger partial charge in [0, 0.05) is 37.5 Å². The third kappa shape index (κ3) is 4.97. The first kappa shape index (κ1) is 22.9. The molecular formula is C20H40N2O2. The molecule has 0 aliphatic carbocycles. The molecule has 0 unspecified atom stereocenters. The molecule has 142 valence electrons. The van der Waals surface area contributed by atoms with Crippen LogP contribution in [0.15, 0.2) is 0 Å². The van der Waals surface area contributed by atoms with Gasteiger partial charge in [-0.25, -0.2) is 0 Å². The van der Waals surface area contributed by atoms with Crippen LogP contribution in [0.5, 0.6) is 0 Å². The minimum atomic E-state index is -0.280. The van der Waals surface area contributed by atoms with Crippen LogP contribution in [-0.2, 0) is 9.59 Å². The van der Waals surface area contributed by atoms with Gasteiger partial charge in [-0.05, 0) is 46.0 Å². The minimum Gasteiger partial charge on any atom is -0.340 e. The summed E-state index contributed by atoms with van der Waals surface area (Å²) in [6.45, 7) is 19.6. The topological polar surface area (TPSA) is 40.6 Å². The molecule has 0 heterocycles. The molecule has 0 rings (SSSR count). The Labute approximate surface area is 150 Å². The number of hydrogen-bond acceptors (Lipinski definition) is 2. The van der Waals surface area contributed by atoms with Gasteiger partial charge in [-0.2, -0.15) is 0 Å². The zero-order valence-corrected chi connectivity index (χ0v) is 17.7. The molecule has 0 aromatic heterocycles. The summed E-state index contributed by atoms with van der Waals surface area (Å²) in [5.41, 5.74) is -0.529. The Kier molecular flexibility index (Phi) is 7.98. The molecule has 4 heteroatoms. The van der Waals surface area contributed by atoms with Crippen LogP contribution in [0.3, 0.4) is 0 Å². The summed E-state index contributed by atoms with van der Waals surface area (Å²) >= 11 is 0. The van der Waals surface area contributed by atoms with Gasteiger partial charge in [0.05, 0.1) is 0 Å². The molecule has 24 heavy (non-hydrogen) atoms. The number of carbonyl (C=O) groups excluding carboxylic acids is 2. The fourth-order valence-electron chi connectivity index (χ4n) is 2.85. The highest BCUT2D eigenvalue weighted by Gasteiger charge is 2.42. The molecule has 0 aromatic carbocycles. The normalized spacial score (nSPS) is 12.9. The summed E-state index contributed by atoms with van der Waals surface area (Å²) in [5, 5.41) is 0. The van der Waals surface area contributed by atoms with Gasteiger partial charge in [-0.15, -0.1) is 0 Å². The van der Waals surface area contributed by atoms with Gasteiger partial charge in [0.25, 0.3) is 0 Å². The molecule has 0 spiro atoms. The van der Waals surface area contributed by atoms with Crippen LogP contribution in [-0.4, -0.2) is 46.3 Å². The lowest BCUT2D eigenvalue weighted by atomic mass is 9.71. The second-order valence-corrected chi connectivity index (χ2v) is 8.56. The van der Waals surface area contributed by atoms with Crippen LogP contribution in [0, 0.1) is 5.41 Å². The molecule has 0 atom stereocenters. The Morgan fingerprint density at radius 2 is 1.29 bits per heavy atom. The first-order valence-corrected chi connectivity index (χ1v) is 9.35. The summed E-state index contributed by atoms with van der Waals surface area (Å²) in [7, 11) is 1.89. The molecule has 0 fully saturated rings. The second kappa shape index (κ2) is 8.35. The molecule has 0 aromatic rings. The summed E-state index contributed by atoms with van der Waals surface area (Å²) in [5.74, 6) is 0.358. The van der Waals surface area contributed by atoms with Crippen LogP contribution < -0.4 is 0 Å². The largest absolute Gasteiger partial charge is 0.340 e. The van der Waals surface area contributed by atoms with Crippen molar-refractivity contribution in [2.75, 3.05) is 13.6 Å². The molecule has 0 saturated heterocycles. The predicted octanol–water partition coefficient (Wildman–Crippen LogP) is 4.48. The third-order valence-electron chi connectivity index (χ3n) is 6.33. The number of amides is 2. The van der Waals surface area contributed by atoms with E-state index in [0.717, 1.165) is 19.4 Å². The van der Waals surface area contributed by atoms with Crippen LogP contribution in [0.1, 0.15) is 88.0 Å². The summed E-state index contributed by atoms with van der Waals surface area (Å²) in [6.07, 6.45) is 2.83. The third-order valence-corrected chi connectivity index (χ3v) is 6.33. The van der Waals surface area contributed by atoms with E-state index in [1.54, 1.807) is 0 Å². The summed E-state index contributed by atoms with van der Waals surface area (Å²) in [6, 6.07) is 0. The van der Waals surface area contributed by atoms with E-state index in [9.17, 15) is 9.59 Å². The van der Waals surface area contributed by atoms with Crippen molar-refractivity contribution in [2.45, 2.75) is 99.1 Å². The zero-order chi connectivity index (χ0) is 19.3. The average molecular weight is 341 g/mol. The molecule has 2 amide bonds. The Morgan fingerprint density at radius 1 is 0.833 bits per heavy atom.